The molecule has 0 radical (unpaired) electrons. The van der Waals surface area contributed by atoms with Crippen LogP contribution in [-0.4, -0.2) is 23.8 Å². The lowest BCUT2D eigenvalue weighted by molar-refractivity contribution is 0.244. The maximum absolute atomic E-state index is 13.7. The molecule has 0 aliphatic carbocycles. The van der Waals surface area contributed by atoms with E-state index in [-0.39, 0.29) is 6.04 Å². The van der Waals surface area contributed by atoms with Crippen molar-refractivity contribution in [3.8, 4) is 0 Å². The molecule has 152 valence electrons. The van der Waals surface area contributed by atoms with Gasteiger partial charge in [-0.25, -0.2) is 12.4 Å². The van der Waals surface area contributed by atoms with E-state index in [1.807, 2.05) is 36.4 Å². The van der Waals surface area contributed by atoms with Crippen LogP contribution in [0, 0.1) is 0 Å². The van der Waals surface area contributed by atoms with E-state index >= 15 is 0 Å². The predicted molar refractivity (Wildman–Crippen MR) is 120 cm³/mol. The van der Waals surface area contributed by atoms with Gasteiger partial charge in [-0.15, -0.1) is 0 Å². The highest BCUT2D eigenvalue weighted by molar-refractivity contribution is 7.90. The standard InChI is InChI=1S/C25H24N2O2S/c28-30(29,22-13-5-2-6-14-22)27-23-15-8-7-12-21(23)18-25(27)24-16-9-17-26(24)19-20-10-3-1-4-11-20/h1-8,10-15,18,24H,9,16-17,19H2. The third kappa shape index (κ3) is 3.34. The average Bonchev–Trinajstić information content (AvgIpc) is 3.39. The summed E-state index contributed by atoms with van der Waals surface area (Å²) in [5.74, 6) is 0. The Labute approximate surface area is 177 Å². The molecule has 1 saturated heterocycles. The van der Waals surface area contributed by atoms with Crippen LogP contribution in [0.15, 0.2) is 95.9 Å². The summed E-state index contributed by atoms with van der Waals surface area (Å²) in [7, 11) is -3.70. The van der Waals surface area contributed by atoms with Gasteiger partial charge < -0.3 is 0 Å². The summed E-state index contributed by atoms with van der Waals surface area (Å²) in [5.41, 5.74) is 2.84. The molecule has 1 aliphatic rings. The Morgan fingerprint density at radius 1 is 0.833 bits per heavy atom. The minimum absolute atomic E-state index is 0.0658. The van der Waals surface area contributed by atoms with Crippen molar-refractivity contribution in [1.82, 2.24) is 8.87 Å². The van der Waals surface area contributed by atoms with Crippen LogP contribution in [-0.2, 0) is 16.6 Å². The largest absolute Gasteiger partial charge is 0.291 e. The Balaban J connectivity index is 1.64. The summed E-state index contributed by atoms with van der Waals surface area (Å²) < 4.78 is 29.0. The van der Waals surface area contributed by atoms with Crippen molar-refractivity contribution in [2.75, 3.05) is 6.54 Å². The van der Waals surface area contributed by atoms with Gasteiger partial charge in [-0.3, -0.25) is 4.90 Å². The summed E-state index contributed by atoms with van der Waals surface area (Å²) >= 11 is 0. The minimum atomic E-state index is -3.70. The van der Waals surface area contributed by atoms with E-state index in [2.05, 4.69) is 35.2 Å². The zero-order chi connectivity index (χ0) is 20.6. The SMILES string of the molecule is O=S(=O)(c1ccccc1)n1c(C2CCCN2Cc2ccccc2)cc2ccccc21. The molecule has 1 atom stereocenters. The molecule has 3 aromatic carbocycles. The molecule has 0 bridgehead atoms. The lowest BCUT2D eigenvalue weighted by Gasteiger charge is -2.26. The van der Waals surface area contributed by atoms with E-state index in [1.165, 1.54) is 5.56 Å². The molecule has 30 heavy (non-hydrogen) atoms. The minimum Gasteiger partial charge on any atom is -0.291 e. The highest BCUT2D eigenvalue weighted by Gasteiger charge is 2.33. The summed E-state index contributed by atoms with van der Waals surface area (Å²) in [6.45, 7) is 1.78. The van der Waals surface area contributed by atoms with Crippen LogP contribution in [0.1, 0.15) is 30.1 Å². The molecular formula is C25H24N2O2S. The first kappa shape index (κ1) is 19.1. The molecule has 1 unspecified atom stereocenters. The van der Waals surface area contributed by atoms with Crippen LogP contribution < -0.4 is 0 Å². The van der Waals surface area contributed by atoms with Gasteiger partial charge in [-0.1, -0.05) is 66.7 Å². The summed E-state index contributed by atoms with van der Waals surface area (Å²) in [6, 6.07) is 29.0. The number of nitrogens with zero attached hydrogens (tertiary/aromatic N) is 2. The maximum Gasteiger partial charge on any atom is 0.268 e. The summed E-state index contributed by atoms with van der Waals surface area (Å²) in [4.78, 5) is 2.72. The van der Waals surface area contributed by atoms with Gasteiger partial charge in [0.1, 0.15) is 0 Å². The predicted octanol–water partition coefficient (Wildman–Crippen LogP) is 5.22. The lowest BCUT2D eigenvalue weighted by Crippen LogP contribution is -2.26. The molecule has 0 amide bonds. The van der Waals surface area contributed by atoms with Crippen LogP contribution in [0.4, 0.5) is 0 Å². The zero-order valence-electron chi connectivity index (χ0n) is 16.7. The second kappa shape index (κ2) is 7.74. The Morgan fingerprint density at radius 3 is 2.27 bits per heavy atom. The van der Waals surface area contributed by atoms with Gasteiger partial charge in [0.2, 0.25) is 0 Å². The number of hydrogen-bond donors (Lipinski definition) is 0. The van der Waals surface area contributed by atoms with Gasteiger partial charge >= 0.3 is 0 Å². The number of para-hydroxylation sites is 1. The molecule has 0 N–H and O–H groups in total. The van der Waals surface area contributed by atoms with Gasteiger partial charge in [0.05, 0.1) is 22.1 Å². The molecule has 1 fully saturated rings. The molecule has 2 heterocycles. The molecular weight excluding hydrogens is 392 g/mol. The van der Waals surface area contributed by atoms with Gasteiger partial charge in [-0.2, -0.15) is 0 Å². The van der Waals surface area contributed by atoms with E-state index in [9.17, 15) is 8.42 Å². The van der Waals surface area contributed by atoms with E-state index in [0.29, 0.717) is 4.90 Å². The topological polar surface area (TPSA) is 42.3 Å². The summed E-state index contributed by atoms with van der Waals surface area (Å²) in [5, 5.41) is 0.957. The molecule has 4 nitrogen and oxygen atoms in total. The molecule has 1 aliphatic heterocycles. The van der Waals surface area contributed by atoms with Crippen LogP contribution >= 0.6 is 0 Å². The molecule has 5 heteroatoms. The Morgan fingerprint density at radius 2 is 1.50 bits per heavy atom. The van der Waals surface area contributed by atoms with E-state index in [1.54, 1.807) is 28.2 Å². The number of benzene rings is 3. The second-order valence-electron chi connectivity index (χ2n) is 7.82. The Hall–Kier alpha value is -2.89. The quantitative estimate of drug-likeness (QED) is 0.448. The highest BCUT2D eigenvalue weighted by atomic mass is 32.2. The van der Waals surface area contributed by atoms with Crippen molar-refractivity contribution >= 4 is 20.9 Å². The van der Waals surface area contributed by atoms with Crippen LogP contribution in [0.5, 0.6) is 0 Å². The number of likely N-dealkylation sites (tertiary alicyclic amines) is 1. The van der Waals surface area contributed by atoms with Gasteiger partial charge in [0, 0.05) is 11.9 Å². The fourth-order valence-corrected chi connectivity index (χ4v) is 6.11. The molecule has 0 spiro atoms. The van der Waals surface area contributed by atoms with Crippen molar-refractivity contribution in [3.63, 3.8) is 0 Å². The first-order valence-corrected chi connectivity index (χ1v) is 11.8. The fourth-order valence-electron chi connectivity index (χ4n) is 4.52. The monoisotopic (exact) mass is 416 g/mol. The zero-order valence-corrected chi connectivity index (χ0v) is 17.5. The van der Waals surface area contributed by atoms with Crippen molar-refractivity contribution in [3.05, 3.63) is 102 Å². The second-order valence-corrected chi connectivity index (χ2v) is 9.61. The number of rotatable bonds is 5. The Kier molecular flexibility index (Phi) is 4.93. The molecule has 1 aromatic heterocycles. The Bertz CT molecular complexity index is 1260. The molecule has 4 aromatic rings. The summed E-state index contributed by atoms with van der Waals surface area (Å²) in [6.07, 6.45) is 2.01. The van der Waals surface area contributed by atoms with Gasteiger partial charge in [0.25, 0.3) is 10.0 Å². The normalized spacial score (nSPS) is 17.5. The third-order valence-electron chi connectivity index (χ3n) is 5.91. The van der Waals surface area contributed by atoms with Crippen molar-refractivity contribution in [1.29, 1.82) is 0 Å². The smallest absolute Gasteiger partial charge is 0.268 e. The maximum atomic E-state index is 13.7. The third-order valence-corrected chi connectivity index (χ3v) is 7.66. The van der Waals surface area contributed by atoms with Crippen molar-refractivity contribution < 1.29 is 8.42 Å². The lowest BCUT2D eigenvalue weighted by atomic mass is 10.1. The van der Waals surface area contributed by atoms with E-state index in [4.69, 9.17) is 0 Å². The molecule has 0 saturated carbocycles. The van der Waals surface area contributed by atoms with Crippen LogP contribution in [0.2, 0.25) is 0 Å². The van der Waals surface area contributed by atoms with Crippen LogP contribution in [0.3, 0.4) is 0 Å². The highest BCUT2D eigenvalue weighted by Crippen LogP contribution is 2.38. The number of aromatic nitrogens is 1. The van der Waals surface area contributed by atoms with Gasteiger partial charge in [-0.05, 0) is 49.2 Å². The van der Waals surface area contributed by atoms with Crippen molar-refractivity contribution in [2.24, 2.45) is 0 Å². The average molecular weight is 417 g/mol. The number of hydrogen-bond acceptors (Lipinski definition) is 3. The number of fused-ring (bicyclic) bond motifs is 1. The van der Waals surface area contributed by atoms with Gasteiger partial charge in [0.15, 0.2) is 0 Å². The first-order valence-electron chi connectivity index (χ1n) is 10.3. The van der Waals surface area contributed by atoms with E-state index in [0.717, 1.165) is 42.5 Å². The van der Waals surface area contributed by atoms with E-state index < -0.39 is 10.0 Å². The molecule has 5 rings (SSSR count). The first-order chi connectivity index (χ1) is 14.6. The van der Waals surface area contributed by atoms with Crippen molar-refractivity contribution in [2.45, 2.75) is 30.3 Å². The van der Waals surface area contributed by atoms with Crippen LogP contribution in [0.25, 0.3) is 10.9 Å². The fraction of sp³-hybridized carbons (Fsp3) is 0.200.